The molecule has 0 aliphatic heterocycles. The fourth-order valence-corrected chi connectivity index (χ4v) is 0.741. The lowest BCUT2D eigenvalue weighted by Gasteiger charge is -2.15. The van der Waals surface area contributed by atoms with E-state index in [4.69, 9.17) is 5.73 Å². The van der Waals surface area contributed by atoms with Crippen molar-refractivity contribution in [3.8, 4) is 0 Å². The van der Waals surface area contributed by atoms with E-state index in [1.54, 1.807) is 0 Å². The molecule has 0 bridgehead atoms. The topological polar surface area (TPSA) is 35.2 Å². The highest BCUT2D eigenvalue weighted by atomic mass is 19.4. The molecule has 0 heterocycles. The van der Waals surface area contributed by atoms with Gasteiger partial charge in [0, 0.05) is 12.6 Å². The summed E-state index contributed by atoms with van der Waals surface area (Å²) in [5.74, 6) is 0.273. The molecule has 2 N–H and O–H groups in total. The highest BCUT2D eigenvalue weighted by molar-refractivity contribution is 4.64. The van der Waals surface area contributed by atoms with Crippen molar-refractivity contribution in [1.29, 1.82) is 0 Å². The Hall–Kier alpha value is -0.290. The minimum atomic E-state index is -4.23. The zero-order chi connectivity index (χ0) is 10.5. The maximum Gasteiger partial charge on any atom is 0.411 e. The zero-order valence-corrected chi connectivity index (χ0v) is 7.90. The third kappa shape index (κ3) is 8.05. The molecule has 1 atom stereocenters. The molecule has 0 aromatic heterocycles. The average Bonchev–Trinajstić information content (AvgIpc) is 1.95. The Morgan fingerprint density at radius 2 is 1.85 bits per heavy atom. The molecule has 0 amide bonds. The third-order valence-electron chi connectivity index (χ3n) is 1.72. The molecule has 13 heavy (non-hydrogen) atoms. The van der Waals surface area contributed by atoms with Crippen molar-refractivity contribution in [1.82, 2.24) is 0 Å². The van der Waals surface area contributed by atoms with Crippen molar-refractivity contribution in [2.24, 2.45) is 11.7 Å². The van der Waals surface area contributed by atoms with E-state index in [1.165, 1.54) is 0 Å². The van der Waals surface area contributed by atoms with Crippen LogP contribution >= 0.6 is 0 Å². The Labute approximate surface area is 76.2 Å². The molecular formula is C8H16F3NO. The van der Waals surface area contributed by atoms with Crippen LogP contribution < -0.4 is 5.73 Å². The van der Waals surface area contributed by atoms with E-state index in [1.807, 2.05) is 13.8 Å². The lowest BCUT2D eigenvalue weighted by atomic mass is 10.0. The molecule has 0 saturated heterocycles. The standard InChI is InChI=1S/C8H16F3NO/c1-6(2)7(12)3-4-13-5-8(9,10)11/h6-7H,3-5,12H2,1-2H3. The van der Waals surface area contributed by atoms with E-state index in [0.29, 0.717) is 6.42 Å². The predicted molar refractivity (Wildman–Crippen MR) is 44.3 cm³/mol. The van der Waals surface area contributed by atoms with Gasteiger partial charge < -0.3 is 10.5 Å². The van der Waals surface area contributed by atoms with Crippen molar-refractivity contribution in [2.75, 3.05) is 13.2 Å². The van der Waals surface area contributed by atoms with Crippen molar-refractivity contribution >= 4 is 0 Å². The van der Waals surface area contributed by atoms with E-state index in [2.05, 4.69) is 4.74 Å². The van der Waals surface area contributed by atoms with E-state index >= 15 is 0 Å². The molecule has 0 aromatic carbocycles. The number of ether oxygens (including phenoxy) is 1. The third-order valence-corrected chi connectivity index (χ3v) is 1.72. The Balaban J connectivity index is 3.36. The van der Waals surface area contributed by atoms with Crippen LogP contribution in [0.1, 0.15) is 20.3 Å². The van der Waals surface area contributed by atoms with E-state index in [0.717, 1.165) is 0 Å². The van der Waals surface area contributed by atoms with E-state index in [9.17, 15) is 13.2 Å². The van der Waals surface area contributed by atoms with Gasteiger partial charge in [-0.1, -0.05) is 13.8 Å². The smallest absolute Gasteiger partial charge is 0.372 e. The number of halogens is 3. The Morgan fingerprint density at radius 3 is 2.23 bits per heavy atom. The fraction of sp³-hybridized carbons (Fsp3) is 1.00. The molecule has 1 unspecified atom stereocenters. The normalized spacial score (nSPS) is 15.0. The zero-order valence-electron chi connectivity index (χ0n) is 7.90. The highest BCUT2D eigenvalue weighted by Crippen LogP contribution is 2.14. The first kappa shape index (κ1) is 12.7. The van der Waals surface area contributed by atoms with Crippen LogP contribution in [0.15, 0.2) is 0 Å². The van der Waals surface area contributed by atoms with Gasteiger partial charge in [0.05, 0.1) is 0 Å². The van der Waals surface area contributed by atoms with Gasteiger partial charge >= 0.3 is 6.18 Å². The summed E-state index contributed by atoms with van der Waals surface area (Å²) in [6.45, 7) is 2.74. The SMILES string of the molecule is CC(C)C(N)CCOCC(F)(F)F. The van der Waals surface area contributed by atoms with Crippen LogP contribution in [0.4, 0.5) is 13.2 Å². The van der Waals surface area contributed by atoms with Crippen LogP contribution in [-0.4, -0.2) is 25.4 Å². The summed E-state index contributed by atoms with van der Waals surface area (Å²) in [6, 6.07) is -0.0896. The summed E-state index contributed by atoms with van der Waals surface area (Å²) in [6.07, 6.45) is -3.77. The fourth-order valence-electron chi connectivity index (χ4n) is 0.741. The first-order valence-electron chi connectivity index (χ1n) is 4.23. The Kier molecular flexibility index (Phi) is 5.32. The monoisotopic (exact) mass is 199 g/mol. The molecule has 80 valence electrons. The number of hydrogen-bond acceptors (Lipinski definition) is 2. The van der Waals surface area contributed by atoms with Gasteiger partial charge in [-0.2, -0.15) is 13.2 Å². The van der Waals surface area contributed by atoms with Crippen LogP contribution in [0.3, 0.4) is 0 Å². The van der Waals surface area contributed by atoms with Crippen LogP contribution in [0.5, 0.6) is 0 Å². The summed E-state index contributed by atoms with van der Waals surface area (Å²) in [5, 5.41) is 0. The van der Waals surface area contributed by atoms with E-state index < -0.39 is 12.8 Å². The summed E-state index contributed by atoms with van der Waals surface area (Å²) < 4.78 is 39.2. The van der Waals surface area contributed by atoms with Crippen LogP contribution in [0.25, 0.3) is 0 Å². The van der Waals surface area contributed by atoms with E-state index in [-0.39, 0.29) is 18.6 Å². The average molecular weight is 199 g/mol. The quantitative estimate of drug-likeness (QED) is 0.687. The Morgan fingerprint density at radius 1 is 1.31 bits per heavy atom. The molecule has 0 aliphatic rings. The molecule has 0 aromatic rings. The van der Waals surface area contributed by atoms with Gasteiger partial charge in [-0.15, -0.1) is 0 Å². The molecule has 0 saturated carbocycles. The Bertz CT molecular complexity index is 136. The highest BCUT2D eigenvalue weighted by Gasteiger charge is 2.27. The van der Waals surface area contributed by atoms with Gasteiger partial charge in [0.2, 0.25) is 0 Å². The summed E-state index contributed by atoms with van der Waals surface area (Å²) >= 11 is 0. The summed E-state index contributed by atoms with van der Waals surface area (Å²) in [5.41, 5.74) is 5.61. The summed E-state index contributed by atoms with van der Waals surface area (Å²) in [4.78, 5) is 0. The maximum absolute atomic E-state index is 11.6. The first-order chi connectivity index (χ1) is 5.83. The van der Waals surface area contributed by atoms with Crippen LogP contribution in [0.2, 0.25) is 0 Å². The van der Waals surface area contributed by atoms with Gasteiger partial charge in [0.1, 0.15) is 6.61 Å². The molecule has 5 heteroatoms. The number of rotatable bonds is 5. The molecule has 0 spiro atoms. The van der Waals surface area contributed by atoms with Gasteiger partial charge in [-0.25, -0.2) is 0 Å². The second-order valence-corrected chi connectivity index (χ2v) is 3.36. The van der Waals surface area contributed by atoms with Crippen molar-refractivity contribution < 1.29 is 17.9 Å². The van der Waals surface area contributed by atoms with Crippen molar-refractivity contribution in [3.05, 3.63) is 0 Å². The minimum Gasteiger partial charge on any atom is -0.372 e. The second kappa shape index (κ2) is 5.44. The van der Waals surface area contributed by atoms with Gasteiger partial charge in [-0.3, -0.25) is 0 Å². The molecule has 0 radical (unpaired) electrons. The second-order valence-electron chi connectivity index (χ2n) is 3.36. The van der Waals surface area contributed by atoms with Gasteiger partial charge in [0.15, 0.2) is 0 Å². The van der Waals surface area contributed by atoms with Crippen molar-refractivity contribution in [2.45, 2.75) is 32.5 Å². The molecular weight excluding hydrogens is 183 g/mol. The minimum absolute atomic E-state index is 0.0683. The van der Waals surface area contributed by atoms with Gasteiger partial charge in [-0.05, 0) is 12.3 Å². The molecule has 2 nitrogen and oxygen atoms in total. The number of hydrogen-bond donors (Lipinski definition) is 1. The largest absolute Gasteiger partial charge is 0.411 e. The van der Waals surface area contributed by atoms with Crippen molar-refractivity contribution in [3.63, 3.8) is 0 Å². The first-order valence-corrected chi connectivity index (χ1v) is 4.23. The number of nitrogens with two attached hydrogens (primary N) is 1. The lowest BCUT2D eigenvalue weighted by molar-refractivity contribution is -0.174. The maximum atomic E-state index is 11.6. The van der Waals surface area contributed by atoms with Crippen LogP contribution in [0, 0.1) is 5.92 Å². The summed E-state index contributed by atoms with van der Waals surface area (Å²) in [7, 11) is 0. The lowest BCUT2D eigenvalue weighted by Crippen LogP contribution is -2.28. The molecule has 0 rings (SSSR count). The van der Waals surface area contributed by atoms with Crippen LogP contribution in [-0.2, 0) is 4.74 Å². The number of alkyl halides is 3. The molecule has 0 aliphatic carbocycles. The van der Waals surface area contributed by atoms with Gasteiger partial charge in [0.25, 0.3) is 0 Å². The molecule has 0 fully saturated rings. The predicted octanol–water partition coefficient (Wildman–Crippen LogP) is 1.94.